The molecule has 0 amide bonds. The summed E-state index contributed by atoms with van der Waals surface area (Å²) in [4.78, 5) is 7.27. The molecule has 0 aliphatic carbocycles. The molecule has 3 heteroatoms. The molecule has 26 heavy (non-hydrogen) atoms. The number of aliphatic hydroxyl groups excluding tert-OH is 1. The summed E-state index contributed by atoms with van der Waals surface area (Å²) in [6, 6.07) is 23.1. The lowest BCUT2D eigenvalue weighted by Gasteiger charge is -2.41. The van der Waals surface area contributed by atoms with E-state index in [1.165, 1.54) is 10.9 Å². The molecule has 134 valence electrons. The zero-order valence-electron chi connectivity index (χ0n) is 15.1. The summed E-state index contributed by atoms with van der Waals surface area (Å²) in [6.07, 6.45) is 3.03. The molecule has 0 saturated carbocycles. The van der Waals surface area contributed by atoms with Crippen molar-refractivity contribution < 1.29 is 5.11 Å². The number of aromatic nitrogens is 1. The van der Waals surface area contributed by atoms with Gasteiger partial charge in [0.1, 0.15) is 0 Å². The van der Waals surface area contributed by atoms with Crippen LogP contribution in [0.4, 0.5) is 0 Å². The van der Waals surface area contributed by atoms with Crippen LogP contribution < -0.4 is 0 Å². The zero-order valence-corrected chi connectivity index (χ0v) is 15.1. The molecular formula is C23H26N2O. The quantitative estimate of drug-likeness (QED) is 0.757. The van der Waals surface area contributed by atoms with Crippen molar-refractivity contribution in [3.8, 4) is 0 Å². The molecule has 1 saturated heterocycles. The van der Waals surface area contributed by atoms with Gasteiger partial charge in [-0.1, -0.05) is 54.6 Å². The highest BCUT2D eigenvalue weighted by molar-refractivity contribution is 5.78. The van der Waals surface area contributed by atoms with Gasteiger partial charge in [0.2, 0.25) is 0 Å². The first kappa shape index (κ1) is 17.2. The first-order chi connectivity index (χ1) is 12.8. The Morgan fingerprint density at radius 3 is 2.38 bits per heavy atom. The van der Waals surface area contributed by atoms with E-state index in [-0.39, 0.29) is 12.0 Å². The fourth-order valence-corrected chi connectivity index (χ4v) is 4.03. The number of pyridine rings is 1. The Labute approximate surface area is 155 Å². The monoisotopic (exact) mass is 346 g/mol. The van der Waals surface area contributed by atoms with Gasteiger partial charge in [-0.15, -0.1) is 0 Å². The summed E-state index contributed by atoms with van der Waals surface area (Å²) in [5.74, 6) is 0. The molecule has 4 rings (SSSR count). The number of nitrogens with zero attached hydrogens (tertiary/aromatic N) is 2. The summed E-state index contributed by atoms with van der Waals surface area (Å²) in [5.41, 5.74) is 3.54. The minimum absolute atomic E-state index is 0.0225. The minimum atomic E-state index is 0.0225. The van der Waals surface area contributed by atoms with Gasteiger partial charge in [0.05, 0.1) is 11.2 Å². The highest BCUT2D eigenvalue weighted by Crippen LogP contribution is 2.35. The second kappa shape index (κ2) is 7.56. The molecule has 1 aliphatic heterocycles. The van der Waals surface area contributed by atoms with E-state index in [0.717, 1.165) is 50.1 Å². The third-order valence-corrected chi connectivity index (χ3v) is 5.72. The number of fused-ring (bicyclic) bond motifs is 1. The lowest BCUT2D eigenvalue weighted by molar-refractivity contribution is 0.0410. The van der Waals surface area contributed by atoms with Crippen molar-refractivity contribution in [1.82, 2.24) is 9.88 Å². The Morgan fingerprint density at radius 1 is 0.885 bits per heavy atom. The first-order valence-corrected chi connectivity index (χ1v) is 9.48. The Morgan fingerprint density at radius 2 is 1.62 bits per heavy atom. The average Bonchev–Trinajstić information content (AvgIpc) is 2.70. The van der Waals surface area contributed by atoms with Crippen LogP contribution in [0.5, 0.6) is 0 Å². The van der Waals surface area contributed by atoms with Crippen LogP contribution in [0.1, 0.15) is 24.1 Å². The van der Waals surface area contributed by atoms with Crippen molar-refractivity contribution in [3.05, 3.63) is 78.0 Å². The van der Waals surface area contributed by atoms with Crippen molar-refractivity contribution in [3.63, 3.8) is 0 Å². The van der Waals surface area contributed by atoms with E-state index in [0.29, 0.717) is 0 Å². The van der Waals surface area contributed by atoms with Gasteiger partial charge in [0, 0.05) is 18.5 Å². The molecule has 3 aromatic rings. The third-order valence-electron chi connectivity index (χ3n) is 5.72. The summed E-state index contributed by atoms with van der Waals surface area (Å²) < 4.78 is 0. The maximum atomic E-state index is 10.1. The Hall–Kier alpha value is -2.23. The van der Waals surface area contributed by atoms with Crippen LogP contribution in [-0.4, -0.2) is 34.7 Å². The normalized spacial score (nSPS) is 17.4. The molecule has 1 aromatic heterocycles. The number of hydrogen-bond acceptors (Lipinski definition) is 3. The summed E-state index contributed by atoms with van der Waals surface area (Å²) in [7, 11) is 0. The molecule has 0 atom stereocenters. The Kier molecular flexibility index (Phi) is 5.00. The molecule has 3 nitrogen and oxygen atoms in total. The minimum Gasteiger partial charge on any atom is -0.396 e. The molecule has 1 aliphatic rings. The highest BCUT2D eigenvalue weighted by atomic mass is 16.3. The fourth-order valence-electron chi connectivity index (χ4n) is 4.03. The second-order valence-electron chi connectivity index (χ2n) is 7.59. The second-order valence-corrected chi connectivity index (χ2v) is 7.59. The van der Waals surface area contributed by atoms with E-state index in [1.54, 1.807) is 0 Å². The van der Waals surface area contributed by atoms with E-state index in [2.05, 4.69) is 59.5 Å². The predicted molar refractivity (Wildman–Crippen MR) is 106 cm³/mol. The van der Waals surface area contributed by atoms with Gasteiger partial charge in [-0.2, -0.15) is 0 Å². The van der Waals surface area contributed by atoms with Crippen molar-refractivity contribution >= 4 is 10.9 Å². The van der Waals surface area contributed by atoms with E-state index in [1.807, 2.05) is 12.1 Å². The number of piperidine rings is 1. The SMILES string of the molecule is OCC1(Cc2ccccc2)CCN(Cc2ccc3ccccc3n2)CC1. The number of rotatable bonds is 5. The molecule has 2 aromatic carbocycles. The molecule has 0 radical (unpaired) electrons. The lowest BCUT2D eigenvalue weighted by Crippen LogP contribution is -2.43. The summed E-state index contributed by atoms with van der Waals surface area (Å²) >= 11 is 0. The number of benzene rings is 2. The largest absolute Gasteiger partial charge is 0.396 e. The lowest BCUT2D eigenvalue weighted by atomic mass is 9.74. The van der Waals surface area contributed by atoms with Crippen molar-refractivity contribution in [2.45, 2.75) is 25.8 Å². The van der Waals surface area contributed by atoms with Gasteiger partial charge >= 0.3 is 0 Å². The number of hydrogen-bond donors (Lipinski definition) is 1. The van der Waals surface area contributed by atoms with E-state index in [4.69, 9.17) is 4.98 Å². The molecule has 0 unspecified atom stereocenters. The topological polar surface area (TPSA) is 36.4 Å². The van der Waals surface area contributed by atoms with Crippen LogP contribution in [0.25, 0.3) is 10.9 Å². The van der Waals surface area contributed by atoms with Gasteiger partial charge in [0.25, 0.3) is 0 Å². The maximum absolute atomic E-state index is 10.1. The molecule has 1 N–H and O–H groups in total. The van der Waals surface area contributed by atoms with Gasteiger partial charge in [-0.3, -0.25) is 9.88 Å². The standard InChI is InChI=1S/C23H26N2O/c26-18-23(16-19-6-2-1-3-7-19)12-14-25(15-13-23)17-21-11-10-20-8-4-5-9-22(20)24-21/h1-11,26H,12-18H2. The van der Waals surface area contributed by atoms with E-state index in [9.17, 15) is 5.11 Å². The number of likely N-dealkylation sites (tertiary alicyclic amines) is 1. The van der Waals surface area contributed by atoms with Crippen LogP contribution >= 0.6 is 0 Å². The van der Waals surface area contributed by atoms with Gasteiger partial charge in [-0.05, 0) is 55.5 Å². The Bertz CT molecular complexity index is 854. The van der Waals surface area contributed by atoms with Crippen LogP contribution in [0.15, 0.2) is 66.7 Å². The van der Waals surface area contributed by atoms with Gasteiger partial charge < -0.3 is 5.11 Å². The van der Waals surface area contributed by atoms with Crippen molar-refractivity contribution in [1.29, 1.82) is 0 Å². The number of para-hydroxylation sites is 1. The molecule has 2 heterocycles. The zero-order chi connectivity index (χ0) is 17.8. The van der Waals surface area contributed by atoms with Crippen LogP contribution in [-0.2, 0) is 13.0 Å². The molecular weight excluding hydrogens is 320 g/mol. The van der Waals surface area contributed by atoms with Crippen molar-refractivity contribution in [2.75, 3.05) is 19.7 Å². The van der Waals surface area contributed by atoms with E-state index >= 15 is 0 Å². The third kappa shape index (κ3) is 3.79. The Balaban J connectivity index is 1.40. The van der Waals surface area contributed by atoms with Gasteiger partial charge in [-0.25, -0.2) is 0 Å². The summed E-state index contributed by atoms with van der Waals surface area (Å²) in [5, 5.41) is 11.3. The molecule has 1 fully saturated rings. The van der Waals surface area contributed by atoms with Crippen LogP contribution in [0.3, 0.4) is 0 Å². The smallest absolute Gasteiger partial charge is 0.0705 e. The highest BCUT2D eigenvalue weighted by Gasteiger charge is 2.34. The van der Waals surface area contributed by atoms with Crippen LogP contribution in [0.2, 0.25) is 0 Å². The molecule has 0 spiro atoms. The number of aliphatic hydroxyl groups is 1. The van der Waals surface area contributed by atoms with Crippen LogP contribution in [0, 0.1) is 5.41 Å². The first-order valence-electron chi connectivity index (χ1n) is 9.48. The average molecular weight is 346 g/mol. The maximum Gasteiger partial charge on any atom is 0.0705 e. The fraction of sp³-hybridized carbons (Fsp3) is 0.348. The van der Waals surface area contributed by atoms with E-state index < -0.39 is 0 Å². The van der Waals surface area contributed by atoms with Gasteiger partial charge in [0.15, 0.2) is 0 Å². The summed E-state index contributed by atoms with van der Waals surface area (Å²) in [6.45, 7) is 3.19. The predicted octanol–water partition coefficient (Wildman–Crippen LogP) is 4.05. The molecule has 0 bridgehead atoms. The van der Waals surface area contributed by atoms with Crippen molar-refractivity contribution in [2.24, 2.45) is 5.41 Å².